The van der Waals surface area contributed by atoms with Crippen LogP contribution in [-0.4, -0.2) is 40.9 Å². The Labute approximate surface area is 122 Å². The van der Waals surface area contributed by atoms with E-state index in [0.29, 0.717) is 12.6 Å². The van der Waals surface area contributed by atoms with Crippen LogP contribution in [0.4, 0.5) is 5.88 Å². The molecule has 114 valence electrons. The molecule has 2 aliphatic heterocycles. The molecular formula is C14H19N3O4. The van der Waals surface area contributed by atoms with Gasteiger partial charge in [-0.1, -0.05) is 0 Å². The number of nitrogens with zero attached hydrogens (tertiary/aromatic N) is 2. The van der Waals surface area contributed by atoms with Gasteiger partial charge in [-0.15, -0.1) is 0 Å². The summed E-state index contributed by atoms with van der Waals surface area (Å²) >= 11 is 0. The second kappa shape index (κ2) is 5.85. The average Bonchev–Trinajstić information content (AvgIpc) is 3.18. The van der Waals surface area contributed by atoms with E-state index in [1.807, 2.05) is 4.90 Å². The first kappa shape index (κ1) is 14.1. The molecule has 1 amide bonds. The molecule has 1 aromatic rings. The lowest BCUT2D eigenvalue weighted by Crippen LogP contribution is -2.52. The third-order valence-corrected chi connectivity index (χ3v) is 4.36. The Balaban J connectivity index is 1.78. The summed E-state index contributed by atoms with van der Waals surface area (Å²) in [5.41, 5.74) is 0. The van der Waals surface area contributed by atoms with E-state index in [-0.39, 0.29) is 23.6 Å². The summed E-state index contributed by atoms with van der Waals surface area (Å²) in [6, 6.07) is 3.13. The van der Waals surface area contributed by atoms with Crippen molar-refractivity contribution in [2.75, 3.05) is 13.1 Å². The highest BCUT2D eigenvalue weighted by atomic mass is 16.6. The summed E-state index contributed by atoms with van der Waals surface area (Å²) in [6.45, 7) is 1.69. The number of likely N-dealkylation sites (tertiary alicyclic amines) is 1. The highest BCUT2D eigenvalue weighted by molar-refractivity contribution is 5.92. The van der Waals surface area contributed by atoms with E-state index < -0.39 is 4.92 Å². The van der Waals surface area contributed by atoms with Gasteiger partial charge in [-0.3, -0.25) is 14.9 Å². The van der Waals surface area contributed by atoms with Gasteiger partial charge < -0.3 is 14.6 Å². The van der Waals surface area contributed by atoms with Crippen molar-refractivity contribution in [2.24, 2.45) is 0 Å². The van der Waals surface area contributed by atoms with Crippen LogP contribution in [0.3, 0.4) is 0 Å². The Bertz CT molecular complexity index is 536. The molecule has 1 aromatic heterocycles. The molecule has 21 heavy (non-hydrogen) atoms. The molecule has 0 aliphatic carbocycles. The normalized spacial score (nSPS) is 26.0. The number of nitrogens with one attached hydrogen (secondary N) is 1. The number of piperidine rings is 1. The number of amides is 1. The molecule has 0 aromatic carbocycles. The monoisotopic (exact) mass is 293 g/mol. The SMILES string of the molecule is O=C(c1ccc([N+](=O)[O-])o1)N1CCCCC1C1CCCN1. The first-order chi connectivity index (χ1) is 10.2. The molecule has 0 spiro atoms. The number of nitro groups is 1. The predicted molar refractivity (Wildman–Crippen MR) is 75.1 cm³/mol. The number of hydrogen-bond acceptors (Lipinski definition) is 5. The van der Waals surface area contributed by atoms with E-state index >= 15 is 0 Å². The molecule has 0 saturated carbocycles. The van der Waals surface area contributed by atoms with Crippen molar-refractivity contribution in [3.8, 4) is 0 Å². The van der Waals surface area contributed by atoms with Gasteiger partial charge in [0.25, 0.3) is 5.91 Å². The second-order valence-corrected chi connectivity index (χ2v) is 5.66. The highest BCUT2D eigenvalue weighted by Gasteiger charge is 2.35. The van der Waals surface area contributed by atoms with Crippen molar-refractivity contribution < 1.29 is 14.1 Å². The summed E-state index contributed by atoms with van der Waals surface area (Å²) in [6.07, 6.45) is 5.27. The van der Waals surface area contributed by atoms with E-state index in [1.165, 1.54) is 12.1 Å². The second-order valence-electron chi connectivity index (χ2n) is 5.66. The molecule has 2 unspecified atom stereocenters. The number of furan rings is 1. The fraction of sp³-hybridized carbons (Fsp3) is 0.643. The quantitative estimate of drug-likeness (QED) is 0.679. The first-order valence-corrected chi connectivity index (χ1v) is 7.45. The smallest absolute Gasteiger partial charge is 0.395 e. The van der Waals surface area contributed by atoms with Crippen LogP contribution in [0.1, 0.15) is 42.7 Å². The molecule has 7 nitrogen and oxygen atoms in total. The number of carbonyl (C=O) groups excluding carboxylic acids is 1. The third-order valence-electron chi connectivity index (χ3n) is 4.36. The van der Waals surface area contributed by atoms with Gasteiger partial charge >= 0.3 is 5.88 Å². The maximum Gasteiger partial charge on any atom is 0.433 e. The van der Waals surface area contributed by atoms with Crippen LogP contribution in [-0.2, 0) is 0 Å². The van der Waals surface area contributed by atoms with Gasteiger partial charge in [0.1, 0.15) is 4.92 Å². The maximum atomic E-state index is 12.6. The summed E-state index contributed by atoms with van der Waals surface area (Å²) in [7, 11) is 0. The zero-order chi connectivity index (χ0) is 14.8. The topological polar surface area (TPSA) is 88.6 Å². The van der Waals surface area contributed by atoms with Crippen molar-refractivity contribution in [3.05, 3.63) is 28.0 Å². The fourth-order valence-corrected chi connectivity index (χ4v) is 3.35. The Kier molecular flexibility index (Phi) is 3.92. The summed E-state index contributed by atoms with van der Waals surface area (Å²) in [4.78, 5) is 24.5. The molecule has 3 rings (SSSR count). The lowest BCUT2D eigenvalue weighted by Gasteiger charge is -2.38. The van der Waals surface area contributed by atoms with Gasteiger partial charge in [0.2, 0.25) is 0 Å². The summed E-state index contributed by atoms with van der Waals surface area (Å²) in [5.74, 6) is -0.556. The summed E-state index contributed by atoms with van der Waals surface area (Å²) in [5, 5.41) is 14.1. The maximum absolute atomic E-state index is 12.6. The molecule has 2 aliphatic rings. The van der Waals surface area contributed by atoms with Gasteiger partial charge in [-0.25, -0.2) is 0 Å². The minimum absolute atomic E-state index is 0.0617. The average molecular weight is 293 g/mol. The Hall–Kier alpha value is -1.89. The minimum atomic E-state index is -0.622. The standard InChI is InChI=1S/C14H19N3O4/c18-14(12-6-7-13(21-12)17(19)20)16-9-2-1-5-11(16)10-4-3-8-15-10/h6-7,10-11,15H,1-5,8-9H2. The Morgan fingerprint density at radius 1 is 1.33 bits per heavy atom. The zero-order valence-corrected chi connectivity index (χ0v) is 11.8. The largest absolute Gasteiger partial charge is 0.433 e. The molecule has 2 fully saturated rings. The Morgan fingerprint density at radius 2 is 2.19 bits per heavy atom. The molecule has 2 atom stereocenters. The number of carbonyl (C=O) groups is 1. The van der Waals surface area contributed by atoms with E-state index in [1.54, 1.807) is 0 Å². The molecule has 2 saturated heterocycles. The molecule has 3 heterocycles. The lowest BCUT2D eigenvalue weighted by molar-refractivity contribution is -0.402. The van der Waals surface area contributed by atoms with E-state index in [4.69, 9.17) is 4.42 Å². The van der Waals surface area contributed by atoms with Gasteiger partial charge in [0.05, 0.1) is 6.07 Å². The van der Waals surface area contributed by atoms with Crippen molar-refractivity contribution in [1.29, 1.82) is 0 Å². The van der Waals surface area contributed by atoms with E-state index in [0.717, 1.165) is 38.6 Å². The van der Waals surface area contributed by atoms with Crippen molar-refractivity contribution in [1.82, 2.24) is 10.2 Å². The van der Waals surface area contributed by atoms with Crippen LogP contribution in [0.5, 0.6) is 0 Å². The van der Waals surface area contributed by atoms with E-state index in [9.17, 15) is 14.9 Å². The van der Waals surface area contributed by atoms with Crippen LogP contribution in [0, 0.1) is 10.1 Å². The number of rotatable bonds is 3. The highest BCUT2D eigenvalue weighted by Crippen LogP contribution is 2.27. The van der Waals surface area contributed by atoms with Crippen molar-refractivity contribution >= 4 is 11.8 Å². The molecule has 1 N–H and O–H groups in total. The van der Waals surface area contributed by atoms with Crippen LogP contribution < -0.4 is 5.32 Å². The lowest BCUT2D eigenvalue weighted by atomic mass is 9.94. The van der Waals surface area contributed by atoms with Gasteiger partial charge in [0.15, 0.2) is 5.76 Å². The van der Waals surface area contributed by atoms with Crippen molar-refractivity contribution in [2.45, 2.75) is 44.2 Å². The van der Waals surface area contributed by atoms with Gasteiger partial charge in [-0.05, 0) is 44.7 Å². The molecule has 7 heteroatoms. The van der Waals surface area contributed by atoms with Gasteiger partial charge in [0, 0.05) is 18.6 Å². The third kappa shape index (κ3) is 2.78. The van der Waals surface area contributed by atoms with Gasteiger partial charge in [-0.2, -0.15) is 0 Å². The number of hydrogen-bond donors (Lipinski definition) is 1. The fourth-order valence-electron chi connectivity index (χ4n) is 3.35. The summed E-state index contributed by atoms with van der Waals surface area (Å²) < 4.78 is 5.06. The molecular weight excluding hydrogens is 274 g/mol. The molecule has 0 radical (unpaired) electrons. The first-order valence-electron chi connectivity index (χ1n) is 7.45. The minimum Gasteiger partial charge on any atom is -0.395 e. The van der Waals surface area contributed by atoms with E-state index in [2.05, 4.69) is 5.32 Å². The molecule has 0 bridgehead atoms. The van der Waals surface area contributed by atoms with Crippen LogP contribution in [0.15, 0.2) is 16.5 Å². The Morgan fingerprint density at radius 3 is 2.86 bits per heavy atom. The predicted octanol–water partition coefficient (Wildman–Crippen LogP) is 1.93. The zero-order valence-electron chi connectivity index (χ0n) is 11.8. The van der Waals surface area contributed by atoms with Crippen LogP contribution >= 0.6 is 0 Å². The van der Waals surface area contributed by atoms with Crippen LogP contribution in [0.25, 0.3) is 0 Å². The van der Waals surface area contributed by atoms with Crippen LogP contribution in [0.2, 0.25) is 0 Å². The van der Waals surface area contributed by atoms with Crippen molar-refractivity contribution in [3.63, 3.8) is 0 Å².